The number of amides is 1. The van der Waals surface area contributed by atoms with E-state index in [1.807, 2.05) is 0 Å². The van der Waals surface area contributed by atoms with Gasteiger partial charge in [-0.25, -0.2) is 8.78 Å². The highest BCUT2D eigenvalue weighted by Gasteiger charge is 2.30. The van der Waals surface area contributed by atoms with Crippen molar-refractivity contribution < 1.29 is 23.8 Å². The Hall–Kier alpha value is -1.57. The minimum atomic E-state index is -0.876. The molecule has 5 nitrogen and oxygen atoms in total. The Morgan fingerprint density at radius 3 is 2.26 bits per heavy atom. The fourth-order valence-corrected chi connectivity index (χ4v) is 2.01. The number of anilines is 1. The molecule has 0 unspecified atom stereocenters. The van der Waals surface area contributed by atoms with Gasteiger partial charge in [0.25, 0.3) is 0 Å². The van der Waals surface area contributed by atoms with E-state index in [0.717, 1.165) is 12.1 Å². The van der Waals surface area contributed by atoms with Gasteiger partial charge in [-0.15, -0.1) is 0 Å². The zero-order valence-electron chi connectivity index (χ0n) is 10.0. The SMILES string of the molecule is O=C(CN1C[C@@H](O)[C@@H](O)C1)Nc1cc(F)cc(F)c1. The first-order valence-electron chi connectivity index (χ1n) is 5.78. The molecule has 0 aliphatic carbocycles. The lowest BCUT2D eigenvalue weighted by Gasteiger charge is -2.14. The van der Waals surface area contributed by atoms with E-state index in [0.29, 0.717) is 6.07 Å². The fraction of sp³-hybridized carbons (Fsp3) is 0.417. The number of nitrogens with one attached hydrogen (secondary N) is 1. The van der Waals surface area contributed by atoms with Crippen LogP contribution >= 0.6 is 0 Å². The number of hydrogen-bond donors (Lipinski definition) is 3. The van der Waals surface area contributed by atoms with E-state index in [4.69, 9.17) is 0 Å². The molecule has 1 saturated heterocycles. The van der Waals surface area contributed by atoms with E-state index < -0.39 is 29.7 Å². The molecule has 1 aromatic rings. The fourth-order valence-electron chi connectivity index (χ4n) is 2.01. The maximum Gasteiger partial charge on any atom is 0.238 e. The topological polar surface area (TPSA) is 72.8 Å². The van der Waals surface area contributed by atoms with Gasteiger partial charge in [0.2, 0.25) is 5.91 Å². The third-order valence-corrected chi connectivity index (χ3v) is 2.85. The molecule has 1 amide bonds. The third kappa shape index (κ3) is 3.69. The Balaban J connectivity index is 1.91. The summed E-state index contributed by atoms with van der Waals surface area (Å²) in [7, 11) is 0. The van der Waals surface area contributed by atoms with Crippen LogP contribution in [-0.4, -0.2) is 52.9 Å². The summed E-state index contributed by atoms with van der Waals surface area (Å²) in [6, 6.07) is 2.73. The van der Waals surface area contributed by atoms with Gasteiger partial charge in [-0.2, -0.15) is 0 Å². The molecule has 1 fully saturated rings. The summed E-state index contributed by atoms with van der Waals surface area (Å²) in [5.74, 6) is -2.02. The summed E-state index contributed by atoms with van der Waals surface area (Å²) in [5.41, 5.74) is 0.0304. The number of β-amino-alcohol motifs (C(OH)–C–C–N with tert-alkyl or cyclic N) is 2. The highest BCUT2D eigenvalue weighted by molar-refractivity contribution is 5.92. The van der Waals surface area contributed by atoms with Gasteiger partial charge in [-0.05, 0) is 12.1 Å². The van der Waals surface area contributed by atoms with E-state index >= 15 is 0 Å². The molecular weight excluding hydrogens is 258 g/mol. The summed E-state index contributed by atoms with van der Waals surface area (Å²) in [4.78, 5) is 13.2. The molecule has 0 spiro atoms. The lowest BCUT2D eigenvalue weighted by molar-refractivity contribution is -0.117. The molecule has 2 atom stereocenters. The van der Waals surface area contributed by atoms with Gasteiger partial charge in [-0.1, -0.05) is 0 Å². The van der Waals surface area contributed by atoms with Crippen molar-refractivity contribution in [1.29, 1.82) is 0 Å². The van der Waals surface area contributed by atoms with E-state index in [1.165, 1.54) is 0 Å². The molecule has 0 radical (unpaired) electrons. The number of halogens is 2. The number of carbonyl (C=O) groups is 1. The normalized spacial score (nSPS) is 23.6. The van der Waals surface area contributed by atoms with Crippen LogP contribution in [0.2, 0.25) is 0 Å². The van der Waals surface area contributed by atoms with Crippen molar-refractivity contribution in [1.82, 2.24) is 4.90 Å². The number of benzene rings is 1. The van der Waals surface area contributed by atoms with Crippen LogP contribution in [0.4, 0.5) is 14.5 Å². The first kappa shape index (κ1) is 13.9. The van der Waals surface area contributed by atoms with E-state index in [2.05, 4.69) is 5.32 Å². The van der Waals surface area contributed by atoms with E-state index in [-0.39, 0.29) is 25.3 Å². The monoisotopic (exact) mass is 272 g/mol. The largest absolute Gasteiger partial charge is 0.389 e. The lowest BCUT2D eigenvalue weighted by Crippen LogP contribution is -2.32. The highest BCUT2D eigenvalue weighted by atomic mass is 19.1. The maximum atomic E-state index is 12.9. The van der Waals surface area contributed by atoms with Gasteiger partial charge in [-0.3, -0.25) is 9.69 Å². The van der Waals surface area contributed by atoms with Crippen LogP contribution in [0.3, 0.4) is 0 Å². The summed E-state index contributed by atoms with van der Waals surface area (Å²) < 4.78 is 25.8. The second-order valence-electron chi connectivity index (χ2n) is 4.54. The molecule has 1 aliphatic rings. The molecule has 3 N–H and O–H groups in total. The minimum absolute atomic E-state index is 0.0304. The summed E-state index contributed by atoms with van der Waals surface area (Å²) in [6.45, 7) is 0.310. The third-order valence-electron chi connectivity index (χ3n) is 2.85. The van der Waals surface area contributed by atoms with Crippen molar-refractivity contribution in [3.05, 3.63) is 29.8 Å². The predicted molar refractivity (Wildman–Crippen MR) is 63.4 cm³/mol. The quantitative estimate of drug-likeness (QED) is 0.721. The van der Waals surface area contributed by atoms with Gasteiger partial charge in [0.05, 0.1) is 18.8 Å². The molecule has 0 aromatic heterocycles. The second-order valence-corrected chi connectivity index (χ2v) is 4.54. The Kier molecular flexibility index (Phi) is 4.08. The maximum absolute atomic E-state index is 12.9. The molecule has 1 heterocycles. The number of carbonyl (C=O) groups excluding carboxylic acids is 1. The van der Waals surface area contributed by atoms with Gasteiger partial charge < -0.3 is 15.5 Å². The molecular formula is C12H14F2N2O3. The van der Waals surface area contributed by atoms with Gasteiger partial charge >= 0.3 is 0 Å². The second kappa shape index (κ2) is 5.60. The molecule has 0 bridgehead atoms. The zero-order valence-corrected chi connectivity index (χ0v) is 10.0. The number of hydrogen-bond acceptors (Lipinski definition) is 4. The lowest BCUT2D eigenvalue weighted by atomic mass is 10.3. The van der Waals surface area contributed by atoms with Crippen LogP contribution in [0.15, 0.2) is 18.2 Å². The molecule has 1 aromatic carbocycles. The first-order chi connectivity index (χ1) is 8.94. The highest BCUT2D eigenvalue weighted by Crippen LogP contribution is 2.14. The molecule has 2 rings (SSSR count). The van der Waals surface area contributed by atoms with Crippen LogP contribution in [0.1, 0.15) is 0 Å². The van der Waals surface area contributed by atoms with Crippen molar-refractivity contribution in [2.24, 2.45) is 0 Å². The Labute approximate surface area is 108 Å². The first-order valence-corrected chi connectivity index (χ1v) is 5.78. The van der Waals surface area contributed by atoms with Crippen LogP contribution in [-0.2, 0) is 4.79 Å². The molecule has 0 saturated carbocycles. The Morgan fingerprint density at radius 1 is 1.21 bits per heavy atom. The smallest absolute Gasteiger partial charge is 0.238 e. The van der Waals surface area contributed by atoms with Crippen molar-refractivity contribution in [2.45, 2.75) is 12.2 Å². The predicted octanol–water partition coefficient (Wildman–Crippen LogP) is -0.0593. The molecule has 104 valence electrons. The van der Waals surface area contributed by atoms with Crippen molar-refractivity contribution >= 4 is 11.6 Å². The number of rotatable bonds is 3. The molecule has 1 aliphatic heterocycles. The summed E-state index contributed by atoms with van der Waals surface area (Å²) in [5, 5.41) is 21.0. The zero-order chi connectivity index (χ0) is 14.0. The average molecular weight is 272 g/mol. The van der Waals surface area contributed by atoms with E-state index in [9.17, 15) is 23.8 Å². The van der Waals surface area contributed by atoms with Crippen molar-refractivity contribution in [3.63, 3.8) is 0 Å². The van der Waals surface area contributed by atoms with Crippen LogP contribution in [0.25, 0.3) is 0 Å². The van der Waals surface area contributed by atoms with Crippen molar-refractivity contribution in [2.75, 3.05) is 25.0 Å². The standard InChI is InChI=1S/C12H14F2N2O3/c13-7-1-8(14)3-9(2-7)15-12(19)6-16-4-10(17)11(18)5-16/h1-3,10-11,17-18H,4-6H2,(H,15,19)/t10-,11+. The van der Waals surface area contributed by atoms with Crippen LogP contribution in [0, 0.1) is 11.6 Å². The number of likely N-dealkylation sites (tertiary alicyclic amines) is 1. The number of nitrogens with zero attached hydrogens (tertiary/aromatic N) is 1. The van der Waals surface area contributed by atoms with Crippen LogP contribution < -0.4 is 5.32 Å². The average Bonchev–Trinajstić information content (AvgIpc) is 2.55. The van der Waals surface area contributed by atoms with Gasteiger partial charge in [0.1, 0.15) is 11.6 Å². The van der Waals surface area contributed by atoms with Gasteiger partial charge in [0, 0.05) is 24.8 Å². The van der Waals surface area contributed by atoms with Crippen molar-refractivity contribution in [3.8, 4) is 0 Å². The minimum Gasteiger partial charge on any atom is -0.389 e. The van der Waals surface area contributed by atoms with Gasteiger partial charge in [0.15, 0.2) is 0 Å². The molecule has 7 heteroatoms. The van der Waals surface area contributed by atoms with Crippen LogP contribution in [0.5, 0.6) is 0 Å². The Morgan fingerprint density at radius 2 is 1.74 bits per heavy atom. The van der Waals surface area contributed by atoms with E-state index in [1.54, 1.807) is 4.90 Å². The number of aliphatic hydroxyl groups excluding tert-OH is 2. The molecule has 19 heavy (non-hydrogen) atoms. The Bertz CT molecular complexity index is 454. The number of aliphatic hydroxyl groups is 2. The summed E-state index contributed by atoms with van der Waals surface area (Å²) >= 11 is 0. The summed E-state index contributed by atoms with van der Waals surface area (Å²) in [6.07, 6.45) is -1.75.